The molecule has 22 heavy (non-hydrogen) atoms. The first-order chi connectivity index (χ1) is 10.0. The third-order valence-corrected chi connectivity index (χ3v) is 3.20. The second-order valence-electron chi connectivity index (χ2n) is 4.96. The molecular formula is C11H13ClF6N4. The number of rotatable bonds is 4. The summed E-state index contributed by atoms with van der Waals surface area (Å²) in [5.74, 6) is 0.0735. The highest BCUT2D eigenvalue weighted by atomic mass is 35.5. The highest BCUT2D eigenvalue weighted by molar-refractivity contribution is 6.22. The van der Waals surface area contributed by atoms with Crippen LogP contribution in [0.5, 0.6) is 0 Å². The van der Waals surface area contributed by atoms with Gasteiger partial charge in [-0.05, 0) is 6.42 Å². The SMILES string of the molecule is FC(F)(F)CCCN1C=C2NC(Cl)N=C2N(CC(F)(F)F)C1. The fourth-order valence-corrected chi connectivity index (χ4v) is 2.43. The van der Waals surface area contributed by atoms with Crippen molar-refractivity contribution in [3.63, 3.8) is 0 Å². The van der Waals surface area contributed by atoms with Gasteiger partial charge in [-0.3, -0.25) is 0 Å². The zero-order valence-electron chi connectivity index (χ0n) is 11.2. The van der Waals surface area contributed by atoms with E-state index in [0.29, 0.717) is 0 Å². The first kappa shape index (κ1) is 17.0. The summed E-state index contributed by atoms with van der Waals surface area (Å²) in [5.41, 5.74) is -0.602. The molecule has 0 spiro atoms. The van der Waals surface area contributed by atoms with Crippen LogP contribution in [0.15, 0.2) is 16.9 Å². The third-order valence-electron chi connectivity index (χ3n) is 2.99. The molecule has 1 atom stereocenters. The number of aliphatic imine (C=N–C) groups is 1. The van der Waals surface area contributed by atoms with Crippen LogP contribution in [0.2, 0.25) is 0 Å². The molecule has 2 aliphatic heterocycles. The van der Waals surface area contributed by atoms with E-state index in [2.05, 4.69) is 10.3 Å². The first-order valence-electron chi connectivity index (χ1n) is 6.37. The van der Waals surface area contributed by atoms with Gasteiger partial charge >= 0.3 is 12.4 Å². The molecule has 0 fully saturated rings. The summed E-state index contributed by atoms with van der Waals surface area (Å²) in [5, 5.41) is 2.66. The quantitative estimate of drug-likeness (QED) is 0.480. The maximum atomic E-state index is 12.6. The Kier molecular flexibility index (Phi) is 4.69. The molecule has 11 heteroatoms. The van der Waals surface area contributed by atoms with E-state index in [-0.39, 0.29) is 31.2 Å². The second-order valence-corrected chi connectivity index (χ2v) is 5.37. The summed E-state index contributed by atoms with van der Waals surface area (Å²) >= 11 is 5.72. The summed E-state index contributed by atoms with van der Waals surface area (Å²) in [7, 11) is 0. The van der Waals surface area contributed by atoms with E-state index < -0.39 is 30.9 Å². The summed E-state index contributed by atoms with van der Waals surface area (Å²) in [4.78, 5) is 6.18. The van der Waals surface area contributed by atoms with Crippen LogP contribution < -0.4 is 5.32 Å². The summed E-state index contributed by atoms with van der Waals surface area (Å²) in [6.45, 7) is -1.45. The number of nitrogens with zero attached hydrogens (tertiary/aromatic N) is 3. The Hall–Kier alpha value is -1.32. The molecule has 0 radical (unpaired) electrons. The van der Waals surface area contributed by atoms with Crippen LogP contribution in [-0.4, -0.2) is 53.4 Å². The number of alkyl halides is 7. The minimum absolute atomic E-state index is 0.0146. The fourth-order valence-electron chi connectivity index (χ4n) is 2.22. The van der Waals surface area contributed by atoms with Gasteiger partial charge in [0, 0.05) is 19.2 Å². The minimum Gasteiger partial charge on any atom is -0.358 e. The third kappa shape index (κ3) is 4.85. The van der Waals surface area contributed by atoms with Gasteiger partial charge in [0.05, 0.1) is 12.4 Å². The van der Waals surface area contributed by atoms with Crippen LogP contribution in [0.1, 0.15) is 12.8 Å². The Morgan fingerprint density at radius 2 is 1.91 bits per heavy atom. The molecule has 0 bridgehead atoms. The van der Waals surface area contributed by atoms with E-state index in [4.69, 9.17) is 11.6 Å². The van der Waals surface area contributed by atoms with E-state index in [1.54, 1.807) is 0 Å². The average Bonchev–Trinajstić information content (AvgIpc) is 2.66. The Labute approximate surface area is 127 Å². The molecule has 0 saturated carbocycles. The zero-order valence-corrected chi connectivity index (χ0v) is 11.9. The molecule has 0 aromatic carbocycles. The van der Waals surface area contributed by atoms with Crippen molar-refractivity contribution in [3.05, 3.63) is 11.9 Å². The molecule has 2 heterocycles. The van der Waals surface area contributed by atoms with Gasteiger partial charge in [0.1, 0.15) is 6.54 Å². The standard InChI is InChI=1S/C11H13ClF6N4/c12-9-19-7-4-21(3-1-2-10(13,14)15)6-22(8(7)20-9)5-11(16,17)18/h4,9,19H,1-3,5-6H2. The topological polar surface area (TPSA) is 30.9 Å². The monoisotopic (exact) mass is 350 g/mol. The van der Waals surface area contributed by atoms with Crippen molar-refractivity contribution in [1.82, 2.24) is 15.1 Å². The summed E-state index contributed by atoms with van der Waals surface area (Å²) < 4.78 is 74.2. The lowest BCUT2D eigenvalue weighted by Crippen LogP contribution is -2.49. The Bertz CT molecular complexity index is 472. The molecular weight excluding hydrogens is 338 g/mol. The second kappa shape index (κ2) is 6.05. The van der Waals surface area contributed by atoms with Gasteiger partial charge in [0.2, 0.25) is 0 Å². The van der Waals surface area contributed by atoms with Crippen molar-refractivity contribution in [3.8, 4) is 0 Å². The largest absolute Gasteiger partial charge is 0.406 e. The molecule has 0 aliphatic carbocycles. The van der Waals surface area contributed by atoms with E-state index in [9.17, 15) is 26.3 Å². The van der Waals surface area contributed by atoms with Crippen LogP contribution in [0.4, 0.5) is 26.3 Å². The lowest BCUT2D eigenvalue weighted by molar-refractivity contribution is -0.141. The number of amidine groups is 1. The highest BCUT2D eigenvalue weighted by Crippen LogP contribution is 2.26. The molecule has 0 saturated heterocycles. The van der Waals surface area contributed by atoms with Crippen molar-refractivity contribution >= 4 is 17.4 Å². The lowest BCUT2D eigenvalue weighted by atomic mass is 10.2. The van der Waals surface area contributed by atoms with Gasteiger partial charge in [0.15, 0.2) is 11.5 Å². The number of nitrogens with one attached hydrogen (secondary N) is 1. The zero-order chi connectivity index (χ0) is 16.5. The minimum atomic E-state index is -4.45. The summed E-state index contributed by atoms with van der Waals surface area (Å²) in [6.07, 6.45) is -8.48. The van der Waals surface area contributed by atoms with Crippen LogP contribution in [0.25, 0.3) is 0 Å². The van der Waals surface area contributed by atoms with Gasteiger partial charge in [-0.15, -0.1) is 0 Å². The predicted molar refractivity (Wildman–Crippen MR) is 67.9 cm³/mol. The van der Waals surface area contributed by atoms with Gasteiger partial charge in [-0.2, -0.15) is 26.3 Å². The molecule has 2 aliphatic rings. The van der Waals surface area contributed by atoms with Gasteiger partial charge in [0.25, 0.3) is 0 Å². The van der Waals surface area contributed by atoms with Crippen LogP contribution in [-0.2, 0) is 0 Å². The number of hydrogen-bond acceptors (Lipinski definition) is 4. The van der Waals surface area contributed by atoms with Gasteiger partial charge < -0.3 is 15.1 Å². The molecule has 1 N–H and O–H groups in total. The van der Waals surface area contributed by atoms with Crippen LogP contribution >= 0.6 is 11.6 Å². The molecule has 1 unspecified atom stereocenters. The van der Waals surface area contributed by atoms with Gasteiger partial charge in [-0.25, -0.2) is 4.99 Å². The molecule has 126 valence electrons. The van der Waals surface area contributed by atoms with E-state index in [1.165, 1.54) is 11.1 Å². The lowest BCUT2D eigenvalue weighted by Gasteiger charge is -2.36. The van der Waals surface area contributed by atoms with E-state index in [1.807, 2.05) is 0 Å². The van der Waals surface area contributed by atoms with Crippen molar-refractivity contribution in [2.45, 2.75) is 30.8 Å². The Morgan fingerprint density at radius 1 is 1.23 bits per heavy atom. The Balaban J connectivity index is 2.04. The number of fused-ring (bicyclic) bond motifs is 1. The highest BCUT2D eigenvalue weighted by Gasteiger charge is 2.38. The molecule has 0 aromatic rings. The van der Waals surface area contributed by atoms with Gasteiger partial charge in [-0.1, -0.05) is 11.6 Å². The predicted octanol–water partition coefficient (Wildman–Crippen LogP) is 2.83. The molecule has 0 amide bonds. The molecule has 0 aromatic heterocycles. The van der Waals surface area contributed by atoms with Crippen LogP contribution in [0, 0.1) is 0 Å². The van der Waals surface area contributed by atoms with Crippen molar-refractivity contribution in [2.24, 2.45) is 4.99 Å². The Morgan fingerprint density at radius 3 is 2.50 bits per heavy atom. The maximum Gasteiger partial charge on any atom is 0.406 e. The molecule has 2 rings (SSSR count). The van der Waals surface area contributed by atoms with Crippen LogP contribution in [0.3, 0.4) is 0 Å². The maximum absolute atomic E-state index is 12.6. The van der Waals surface area contributed by atoms with Crippen molar-refractivity contribution in [2.75, 3.05) is 19.8 Å². The molecule has 4 nitrogen and oxygen atoms in total. The van der Waals surface area contributed by atoms with Crippen molar-refractivity contribution in [1.29, 1.82) is 0 Å². The van der Waals surface area contributed by atoms with Crippen molar-refractivity contribution < 1.29 is 26.3 Å². The van der Waals surface area contributed by atoms with E-state index in [0.717, 1.165) is 4.90 Å². The normalized spacial score (nSPS) is 22.2. The first-order valence-corrected chi connectivity index (χ1v) is 6.80. The smallest absolute Gasteiger partial charge is 0.358 e. The van der Waals surface area contributed by atoms with E-state index >= 15 is 0 Å². The average molecular weight is 351 g/mol. The number of halogens is 7. The fraction of sp³-hybridized carbons (Fsp3) is 0.727. The summed E-state index contributed by atoms with van der Waals surface area (Å²) in [6, 6.07) is 0. The number of hydrogen-bond donors (Lipinski definition) is 1.